The lowest BCUT2D eigenvalue weighted by atomic mass is 9.55. The van der Waals surface area contributed by atoms with Gasteiger partial charge in [0.2, 0.25) is 5.79 Å². The second-order valence-corrected chi connectivity index (χ2v) is 15.8. The number of methoxy groups -OCH3 is 2. The van der Waals surface area contributed by atoms with Gasteiger partial charge in [0, 0.05) is 43.7 Å². The predicted molar refractivity (Wildman–Crippen MR) is 235 cm³/mol. The molecule has 14 nitrogen and oxygen atoms in total. The summed E-state index contributed by atoms with van der Waals surface area (Å²) in [5, 5.41) is 27.2. The van der Waals surface area contributed by atoms with Gasteiger partial charge in [-0.1, -0.05) is 67.4 Å². The quantitative estimate of drug-likeness (QED) is 0.0533. The number of hydrogen-bond acceptors (Lipinski definition) is 12. The van der Waals surface area contributed by atoms with E-state index in [0.29, 0.717) is 54.5 Å². The molecule has 0 aromatic heterocycles. The van der Waals surface area contributed by atoms with E-state index in [-0.39, 0.29) is 56.4 Å². The maximum absolute atomic E-state index is 14.4. The highest BCUT2D eigenvalue weighted by molar-refractivity contribution is 6.03. The SMILES string of the molecule is C=CCO[C@@]12Oc3ccc(OC(=O)Nc4ccc(OC)cc4OC)cc3[C@H]3[C@H](CCCCO)[C@@H](CCCCO)C=C(C(=NOC)C[C@@H]1N(CCC)C(=O)OCc1ccccc1)[C@H]32. The fourth-order valence-corrected chi connectivity index (χ4v) is 9.38. The van der Waals surface area contributed by atoms with Crippen molar-refractivity contribution in [2.75, 3.05) is 53.0 Å². The minimum atomic E-state index is -1.46. The molecule has 334 valence electrons. The van der Waals surface area contributed by atoms with Crippen molar-refractivity contribution in [3.8, 4) is 23.0 Å². The highest BCUT2D eigenvalue weighted by Gasteiger charge is 2.65. The van der Waals surface area contributed by atoms with Gasteiger partial charge in [-0.15, -0.1) is 6.58 Å². The molecule has 3 aromatic carbocycles. The van der Waals surface area contributed by atoms with E-state index >= 15 is 0 Å². The number of oxime groups is 1. The lowest BCUT2D eigenvalue weighted by Gasteiger charge is -2.59. The molecule has 6 rings (SSSR count). The smallest absolute Gasteiger partial charge is 0.417 e. The molecule has 1 saturated carbocycles. The van der Waals surface area contributed by atoms with Crippen LogP contribution in [0.1, 0.15) is 75.3 Å². The van der Waals surface area contributed by atoms with Gasteiger partial charge in [-0.25, -0.2) is 9.59 Å². The van der Waals surface area contributed by atoms with Crippen molar-refractivity contribution < 1.29 is 53.1 Å². The second-order valence-electron chi connectivity index (χ2n) is 15.8. The minimum absolute atomic E-state index is 0.0242. The first-order chi connectivity index (χ1) is 30.2. The molecule has 62 heavy (non-hydrogen) atoms. The molecule has 0 saturated heterocycles. The number of fused-ring (bicyclic) bond motifs is 2. The molecule has 3 aliphatic rings. The zero-order valence-corrected chi connectivity index (χ0v) is 36.3. The summed E-state index contributed by atoms with van der Waals surface area (Å²) in [7, 11) is 4.56. The first kappa shape index (κ1) is 45.9. The Bertz CT molecular complexity index is 2040. The Labute approximate surface area is 364 Å². The van der Waals surface area contributed by atoms with Crippen molar-refractivity contribution >= 4 is 23.6 Å². The molecule has 2 amide bonds. The Hall–Kier alpha value is -5.57. The summed E-state index contributed by atoms with van der Waals surface area (Å²) < 4.78 is 37.0. The van der Waals surface area contributed by atoms with E-state index in [2.05, 4.69) is 23.1 Å². The van der Waals surface area contributed by atoms with Crippen LogP contribution in [0.2, 0.25) is 0 Å². The highest BCUT2D eigenvalue weighted by atomic mass is 16.7. The zero-order chi connectivity index (χ0) is 44.1. The topological polar surface area (TPSA) is 167 Å². The monoisotopic (exact) mass is 855 g/mol. The third-order valence-electron chi connectivity index (χ3n) is 12.0. The molecule has 0 bridgehead atoms. The number of aliphatic hydroxyl groups excluding tert-OH is 2. The van der Waals surface area contributed by atoms with Gasteiger partial charge in [0.15, 0.2) is 0 Å². The first-order valence-electron chi connectivity index (χ1n) is 21.5. The number of rotatable bonds is 21. The number of ether oxygens (including phenoxy) is 6. The summed E-state index contributed by atoms with van der Waals surface area (Å²) in [5.41, 5.74) is 3.61. The van der Waals surface area contributed by atoms with Crippen LogP contribution >= 0.6 is 0 Å². The van der Waals surface area contributed by atoms with Crippen LogP contribution in [0.15, 0.2) is 96.2 Å². The molecular weight excluding hydrogens is 795 g/mol. The lowest BCUT2D eigenvalue weighted by molar-refractivity contribution is -0.255. The largest absolute Gasteiger partial charge is 0.497 e. The molecule has 0 unspecified atom stereocenters. The molecule has 6 atom stereocenters. The van der Waals surface area contributed by atoms with Crippen LogP contribution in [0, 0.1) is 17.8 Å². The molecular formula is C48H61N3O11. The van der Waals surface area contributed by atoms with Crippen LogP contribution in [-0.4, -0.2) is 92.5 Å². The van der Waals surface area contributed by atoms with Crippen molar-refractivity contribution in [3.63, 3.8) is 0 Å². The van der Waals surface area contributed by atoms with E-state index in [0.717, 1.165) is 42.4 Å². The molecule has 1 fully saturated rings. The molecule has 3 N–H and O–H groups in total. The van der Waals surface area contributed by atoms with Crippen molar-refractivity contribution in [1.29, 1.82) is 0 Å². The van der Waals surface area contributed by atoms with Gasteiger partial charge in [-0.05, 0) is 85.4 Å². The summed E-state index contributed by atoms with van der Waals surface area (Å²) in [6, 6.07) is 19.2. The molecule has 2 aliphatic carbocycles. The van der Waals surface area contributed by atoms with Crippen LogP contribution < -0.4 is 24.3 Å². The average Bonchev–Trinajstić information content (AvgIpc) is 3.29. The standard InChI is InChI=1S/C48H61N3O11/c1-6-23-51(47(55)59-31-32-15-9-8-10-16-32)43-30-40(50-58-5)37-27-33(17-11-13-24-52)36(18-12-14-25-53)44-38-28-35(20-22-41(38)62-48(43,45(37)44)60-26-7-2)61-46(54)49-39-21-19-34(56-3)29-42(39)57-4/h7-10,15-16,19-22,27-29,33,36,43-45,52-53H,2,6,11-14,17-18,23-26,30-31H2,1,3-5H3,(H,49,54)/t33-,36+,43-,44+,45+,48+/m0/s1. The molecule has 1 heterocycles. The lowest BCUT2D eigenvalue weighted by Crippen LogP contribution is -2.70. The third-order valence-corrected chi connectivity index (χ3v) is 12.0. The van der Waals surface area contributed by atoms with Gasteiger partial charge in [0.25, 0.3) is 0 Å². The van der Waals surface area contributed by atoms with Gasteiger partial charge in [0.1, 0.15) is 42.8 Å². The Morgan fingerprint density at radius 3 is 2.42 bits per heavy atom. The van der Waals surface area contributed by atoms with Gasteiger partial charge >= 0.3 is 12.2 Å². The molecule has 0 spiro atoms. The third kappa shape index (κ3) is 10.2. The Morgan fingerprint density at radius 1 is 0.968 bits per heavy atom. The van der Waals surface area contributed by atoms with Crippen LogP contribution in [0.25, 0.3) is 0 Å². The Balaban J connectivity index is 1.49. The van der Waals surface area contributed by atoms with Crippen LogP contribution in [0.3, 0.4) is 0 Å². The summed E-state index contributed by atoms with van der Waals surface area (Å²) in [6.07, 6.45) is 7.89. The van der Waals surface area contributed by atoms with Gasteiger partial charge < -0.3 is 43.5 Å². The minimum Gasteiger partial charge on any atom is -0.497 e. The average molecular weight is 856 g/mol. The number of aliphatic hydroxyl groups is 2. The zero-order valence-electron chi connectivity index (χ0n) is 36.3. The highest BCUT2D eigenvalue weighted by Crippen LogP contribution is 2.62. The van der Waals surface area contributed by atoms with E-state index in [1.807, 2.05) is 43.3 Å². The molecule has 14 heteroatoms. The summed E-state index contributed by atoms with van der Waals surface area (Å²) in [5.74, 6) is -0.535. The van der Waals surface area contributed by atoms with E-state index in [9.17, 15) is 19.8 Å². The summed E-state index contributed by atoms with van der Waals surface area (Å²) >= 11 is 0. The van der Waals surface area contributed by atoms with Crippen molar-refractivity contribution in [3.05, 3.63) is 102 Å². The Kier molecular flexibility index (Phi) is 16.3. The maximum Gasteiger partial charge on any atom is 0.417 e. The van der Waals surface area contributed by atoms with Crippen molar-refractivity contribution in [2.45, 2.75) is 82.6 Å². The Morgan fingerprint density at radius 2 is 1.73 bits per heavy atom. The van der Waals surface area contributed by atoms with E-state index < -0.39 is 29.9 Å². The number of anilines is 1. The van der Waals surface area contributed by atoms with Gasteiger partial charge in [-0.3, -0.25) is 10.2 Å². The fraction of sp³-hybridized carbons (Fsp3) is 0.479. The molecule has 3 aromatic rings. The summed E-state index contributed by atoms with van der Waals surface area (Å²) in [6.45, 7) is 6.67. The number of nitrogens with one attached hydrogen (secondary N) is 1. The number of carbonyl (C=O) groups is 2. The van der Waals surface area contributed by atoms with Gasteiger partial charge in [0.05, 0.1) is 38.1 Å². The van der Waals surface area contributed by atoms with Gasteiger partial charge in [-0.2, -0.15) is 0 Å². The first-order valence-corrected chi connectivity index (χ1v) is 21.5. The number of hydrogen-bond donors (Lipinski definition) is 3. The number of allylic oxidation sites excluding steroid dienone is 1. The van der Waals surface area contributed by atoms with Crippen molar-refractivity contribution in [1.82, 2.24) is 4.90 Å². The molecule has 1 aliphatic heterocycles. The van der Waals surface area contributed by atoms with Crippen LogP contribution in [0.4, 0.5) is 15.3 Å². The van der Waals surface area contributed by atoms with Crippen LogP contribution in [0.5, 0.6) is 23.0 Å². The second kappa shape index (κ2) is 22.0. The maximum atomic E-state index is 14.4. The normalized spacial score (nSPS) is 22.8. The van der Waals surface area contributed by atoms with Crippen LogP contribution in [-0.2, 0) is 20.9 Å². The molecule has 0 radical (unpaired) electrons. The number of amides is 2. The number of nitrogens with zero attached hydrogens (tertiary/aromatic N) is 2. The van der Waals surface area contributed by atoms with Crippen molar-refractivity contribution in [2.24, 2.45) is 22.9 Å². The van der Waals surface area contributed by atoms with E-state index in [4.69, 9.17) is 33.3 Å². The number of unbranched alkanes of at least 4 members (excludes halogenated alkanes) is 2. The summed E-state index contributed by atoms with van der Waals surface area (Å²) in [4.78, 5) is 35.2. The number of carbonyl (C=O) groups excluding carboxylic acids is 2. The predicted octanol–water partition coefficient (Wildman–Crippen LogP) is 8.63. The fourth-order valence-electron chi connectivity index (χ4n) is 9.38. The number of benzene rings is 3. The van der Waals surface area contributed by atoms with E-state index in [1.54, 1.807) is 48.4 Å². The van der Waals surface area contributed by atoms with E-state index in [1.165, 1.54) is 14.2 Å².